The smallest absolute Gasteiger partial charge is 0.303 e. The summed E-state index contributed by atoms with van der Waals surface area (Å²) in [6.07, 6.45) is 10.3. The molecule has 3 aromatic carbocycles. The Bertz CT molecular complexity index is 1370. The van der Waals surface area contributed by atoms with Crippen LogP contribution in [0, 0.1) is 0 Å². The highest BCUT2D eigenvalue weighted by Gasteiger charge is 2.10. The Kier molecular flexibility index (Phi) is 15.4. The van der Waals surface area contributed by atoms with Crippen LogP contribution in [0.4, 0.5) is 11.4 Å². The van der Waals surface area contributed by atoms with Gasteiger partial charge >= 0.3 is 23.9 Å². The molecule has 10 nitrogen and oxygen atoms in total. The van der Waals surface area contributed by atoms with Crippen molar-refractivity contribution in [2.24, 2.45) is 0 Å². The van der Waals surface area contributed by atoms with E-state index in [2.05, 4.69) is 0 Å². The number of nitrogens with zero attached hydrogens (tertiary/aromatic N) is 2. The van der Waals surface area contributed by atoms with E-state index in [4.69, 9.17) is 20.4 Å². The summed E-state index contributed by atoms with van der Waals surface area (Å²) < 4.78 is 0. The Labute approximate surface area is 281 Å². The number of aliphatic carboxylic acids is 4. The summed E-state index contributed by atoms with van der Waals surface area (Å²) in [5.74, 6) is -3.39. The molecule has 0 bridgehead atoms. The average molecular weight is 657 g/mol. The van der Waals surface area contributed by atoms with Crippen LogP contribution in [0.1, 0.15) is 73.6 Å². The van der Waals surface area contributed by atoms with E-state index in [1.165, 1.54) is 0 Å². The Morgan fingerprint density at radius 2 is 0.604 bits per heavy atom. The van der Waals surface area contributed by atoms with E-state index in [9.17, 15) is 19.2 Å². The van der Waals surface area contributed by atoms with Crippen molar-refractivity contribution in [3.05, 3.63) is 95.1 Å². The minimum Gasteiger partial charge on any atom is -0.481 e. The van der Waals surface area contributed by atoms with Gasteiger partial charge in [-0.15, -0.1) is 0 Å². The van der Waals surface area contributed by atoms with E-state index in [1.54, 1.807) is 0 Å². The number of hydrogen-bond acceptors (Lipinski definition) is 6. The minimum absolute atomic E-state index is 0.0639. The maximum atomic E-state index is 10.9. The first-order chi connectivity index (χ1) is 23.1. The van der Waals surface area contributed by atoms with Crippen LogP contribution < -0.4 is 9.80 Å². The van der Waals surface area contributed by atoms with Crippen LogP contribution in [0.25, 0.3) is 24.3 Å². The van der Waals surface area contributed by atoms with Gasteiger partial charge in [0.2, 0.25) is 0 Å². The maximum absolute atomic E-state index is 10.9. The van der Waals surface area contributed by atoms with E-state index in [0.717, 1.165) is 33.6 Å². The van der Waals surface area contributed by atoms with Crippen molar-refractivity contribution in [2.75, 3.05) is 36.0 Å². The summed E-state index contributed by atoms with van der Waals surface area (Å²) in [5, 5.41) is 35.9. The number of benzene rings is 3. The lowest BCUT2D eigenvalue weighted by Gasteiger charge is -2.24. The molecule has 0 saturated heterocycles. The van der Waals surface area contributed by atoms with Gasteiger partial charge in [-0.3, -0.25) is 19.2 Å². The van der Waals surface area contributed by atoms with E-state index >= 15 is 0 Å². The Morgan fingerprint density at radius 1 is 0.396 bits per heavy atom. The molecule has 0 radical (unpaired) electrons. The van der Waals surface area contributed by atoms with Crippen LogP contribution in [-0.4, -0.2) is 70.5 Å². The van der Waals surface area contributed by atoms with Crippen molar-refractivity contribution in [3.8, 4) is 0 Å². The quantitative estimate of drug-likeness (QED) is 0.0823. The van der Waals surface area contributed by atoms with Crippen LogP contribution in [-0.2, 0) is 19.2 Å². The van der Waals surface area contributed by atoms with Crippen molar-refractivity contribution in [2.45, 2.75) is 51.4 Å². The third-order valence-electron chi connectivity index (χ3n) is 7.66. The van der Waals surface area contributed by atoms with Gasteiger partial charge in [0.05, 0.1) is 0 Å². The molecule has 10 heteroatoms. The minimum atomic E-state index is -0.848. The third-order valence-corrected chi connectivity index (χ3v) is 7.66. The lowest BCUT2D eigenvalue weighted by Crippen LogP contribution is -2.26. The van der Waals surface area contributed by atoms with Crippen LogP contribution in [0.3, 0.4) is 0 Å². The fraction of sp³-hybridized carbons (Fsp3) is 0.316. The molecule has 0 saturated carbocycles. The predicted octanol–water partition coefficient (Wildman–Crippen LogP) is 7.10. The molecule has 0 unspecified atom stereocenters. The number of hydrogen-bond donors (Lipinski definition) is 4. The second-order valence-electron chi connectivity index (χ2n) is 11.5. The number of anilines is 2. The van der Waals surface area contributed by atoms with Crippen LogP contribution in [0.5, 0.6) is 0 Å². The fourth-order valence-electron chi connectivity index (χ4n) is 5.12. The van der Waals surface area contributed by atoms with Crippen LogP contribution in [0.15, 0.2) is 72.8 Å². The molecule has 0 atom stereocenters. The molecule has 0 fully saturated rings. The van der Waals surface area contributed by atoms with Crippen molar-refractivity contribution >= 4 is 59.6 Å². The Balaban J connectivity index is 1.57. The normalized spacial score (nSPS) is 11.2. The largest absolute Gasteiger partial charge is 0.481 e. The SMILES string of the molecule is O=C(O)CCCN(CCCC(=O)O)c1ccc(/C=C/c2ccc(/C=C/c3ccc(N(CCCC(=O)O)CCCC(=O)O)cc3)cc2)cc1. The van der Waals surface area contributed by atoms with Crippen molar-refractivity contribution in [1.29, 1.82) is 0 Å². The summed E-state index contributed by atoms with van der Waals surface area (Å²) in [6, 6.07) is 24.0. The van der Waals surface area contributed by atoms with E-state index < -0.39 is 23.9 Å². The molecule has 254 valence electrons. The van der Waals surface area contributed by atoms with E-state index in [0.29, 0.717) is 51.9 Å². The average Bonchev–Trinajstić information content (AvgIpc) is 3.05. The van der Waals surface area contributed by atoms with Crippen molar-refractivity contribution in [3.63, 3.8) is 0 Å². The van der Waals surface area contributed by atoms with Gasteiger partial charge in [0.25, 0.3) is 0 Å². The van der Waals surface area contributed by atoms with E-state index in [1.807, 2.05) is 107 Å². The Morgan fingerprint density at radius 3 is 0.812 bits per heavy atom. The molecular formula is C38H44N2O8. The highest BCUT2D eigenvalue weighted by atomic mass is 16.4. The van der Waals surface area contributed by atoms with Gasteiger partial charge in [0, 0.05) is 63.2 Å². The molecule has 0 aliphatic carbocycles. The molecule has 0 aliphatic heterocycles. The molecule has 0 heterocycles. The van der Waals surface area contributed by atoms with Gasteiger partial charge in [-0.1, -0.05) is 72.8 Å². The molecule has 3 rings (SSSR count). The lowest BCUT2D eigenvalue weighted by atomic mass is 10.1. The summed E-state index contributed by atoms with van der Waals surface area (Å²) in [4.78, 5) is 47.8. The molecule has 0 aromatic heterocycles. The molecular weight excluding hydrogens is 612 g/mol. The molecule has 4 N–H and O–H groups in total. The summed E-state index contributed by atoms with van der Waals surface area (Å²) in [7, 11) is 0. The Hall–Kier alpha value is -5.38. The zero-order chi connectivity index (χ0) is 34.7. The third kappa shape index (κ3) is 14.4. The second kappa shape index (κ2) is 20.0. The zero-order valence-corrected chi connectivity index (χ0v) is 27.0. The van der Waals surface area contributed by atoms with Gasteiger partial charge in [-0.2, -0.15) is 0 Å². The van der Waals surface area contributed by atoms with Gasteiger partial charge in [-0.05, 0) is 72.2 Å². The molecule has 3 aromatic rings. The van der Waals surface area contributed by atoms with Gasteiger partial charge < -0.3 is 30.2 Å². The number of rotatable bonds is 22. The first-order valence-electron chi connectivity index (χ1n) is 16.1. The fourth-order valence-corrected chi connectivity index (χ4v) is 5.12. The second-order valence-corrected chi connectivity index (χ2v) is 11.5. The van der Waals surface area contributed by atoms with Crippen molar-refractivity contribution in [1.82, 2.24) is 0 Å². The number of carbonyl (C=O) groups is 4. The summed E-state index contributed by atoms with van der Waals surface area (Å²) >= 11 is 0. The molecule has 0 aliphatic rings. The standard InChI is InChI=1S/C38H44N2O8/c41-35(42)5-1-25-39(26-2-6-36(43)44)33-21-17-31(18-22-33)15-13-29-9-11-30(12-10-29)14-16-32-19-23-34(24-20-32)40(27-3-7-37(45)46)28-4-8-38(47)48/h9-24H,1-8,25-28H2,(H,41,42)(H,43,44)(H,45,46)(H,47,48)/b15-13+,16-14+. The topological polar surface area (TPSA) is 156 Å². The van der Waals surface area contributed by atoms with Gasteiger partial charge in [0.15, 0.2) is 0 Å². The number of carboxylic acid groups (broad SMARTS) is 4. The van der Waals surface area contributed by atoms with Crippen LogP contribution >= 0.6 is 0 Å². The highest BCUT2D eigenvalue weighted by Crippen LogP contribution is 2.21. The monoisotopic (exact) mass is 656 g/mol. The molecule has 0 spiro atoms. The zero-order valence-electron chi connectivity index (χ0n) is 27.0. The summed E-state index contributed by atoms with van der Waals surface area (Å²) in [6.45, 7) is 2.16. The van der Waals surface area contributed by atoms with Crippen molar-refractivity contribution < 1.29 is 39.6 Å². The molecule has 0 amide bonds. The predicted molar refractivity (Wildman–Crippen MR) is 189 cm³/mol. The number of carboxylic acids is 4. The van der Waals surface area contributed by atoms with Gasteiger partial charge in [0.1, 0.15) is 0 Å². The van der Waals surface area contributed by atoms with Gasteiger partial charge in [-0.25, -0.2) is 0 Å². The molecule has 48 heavy (non-hydrogen) atoms. The first kappa shape index (κ1) is 37.1. The lowest BCUT2D eigenvalue weighted by molar-refractivity contribution is -0.138. The first-order valence-corrected chi connectivity index (χ1v) is 16.1. The maximum Gasteiger partial charge on any atom is 0.303 e. The van der Waals surface area contributed by atoms with E-state index in [-0.39, 0.29) is 25.7 Å². The summed E-state index contributed by atoms with van der Waals surface area (Å²) in [5.41, 5.74) is 5.94. The highest BCUT2D eigenvalue weighted by molar-refractivity contribution is 5.74. The van der Waals surface area contributed by atoms with Crippen LogP contribution in [0.2, 0.25) is 0 Å².